The molecular weight excluding hydrogens is 378 g/mol. The van der Waals surface area contributed by atoms with E-state index < -0.39 is 0 Å². The van der Waals surface area contributed by atoms with Crippen molar-refractivity contribution < 1.29 is 14.6 Å². The third-order valence-electron chi connectivity index (χ3n) is 5.76. The molecule has 2 heterocycles. The number of para-hydroxylation sites is 1. The molecule has 1 fully saturated rings. The van der Waals surface area contributed by atoms with Gasteiger partial charge in [-0.3, -0.25) is 4.79 Å². The number of benzene rings is 2. The van der Waals surface area contributed by atoms with Crippen LogP contribution in [0.1, 0.15) is 30.3 Å². The van der Waals surface area contributed by atoms with Crippen molar-refractivity contribution in [2.24, 2.45) is 5.41 Å². The molecule has 30 heavy (non-hydrogen) atoms. The van der Waals surface area contributed by atoms with E-state index in [1.54, 1.807) is 7.11 Å². The second-order valence-electron chi connectivity index (χ2n) is 8.19. The highest BCUT2D eigenvalue weighted by atomic mass is 16.5. The first-order chi connectivity index (χ1) is 14.5. The molecular formula is C24H27N3O3. The second kappa shape index (κ2) is 8.32. The molecule has 3 aromatic rings. The highest BCUT2D eigenvalue weighted by Crippen LogP contribution is 2.31. The number of aliphatic hydroxyl groups is 1. The molecule has 156 valence electrons. The Bertz CT molecular complexity index is 1010. The van der Waals surface area contributed by atoms with Crippen LogP contribution in [0.5, 0.6) is 5.75 Å². The zero-order valence-corrected chi connectivity index (χ0v) is 17.4. The van der Waals surface area contributed by atoms with Crippen LogP contribution < -0.4 is 4.74 Å². The molecule has 0 spiro atoms. The lowest BCUT2D eigenvalue weighted by Crippen LogP contribution is -2.46. The summed E-state index contributed by atoms with van der Waals surface area (Å²) in [6.07, 6.45) is 1.80. The van der Waals surface area contributed by atoms with Crippen molar-refractivity contribution in [1.29, 1.82) is 0 Å². The molecule has 1 saturated heterocycles. The standard InChI is InChI=1S/C24H27N3O3/c1-24(17-28)13-6-14-26(16-24)23(29)21-15-22(18-9-11-20(30-2)12-10-18)27(25-21)19-7-4-3-5-8-19/h3-5,7-12,15,28H,6,13-14,16-17H2,1-2H3/t24-/m1/s1. The first kappa shape index (κ1) is 20.2. The van der Waals surface area contributed by atoms with Gasteiger partial charge in [0.25, 0.3) is 5.91 Å². The van der Waals surface area contributed by atoms with E-state index in [-0.39, 0.29) is 17.9 Å². The summed E-state index contributed by atoms with van der Waals surface area (Å²) in [5.41, 5.74) is 2.83. The number of likely N-dealkylation sites (tertiary alicyclic amines) is 1. The van der Waals surface area contributed by atoms with Gasteiger partial charge in [-0.05, 0) is 55.3 Å². The second-order valence-corrected chi connectivity index (χ2v) is 8.19. The van der Waals surface area contributed by atoms with Crippen LogP contribution in [0, 0.1) is 5.41 Å². The van der Waals surface area contributed by atoms with Crippen molar-refractivity contribution >= 4 is 5.91 Å². The van der Waals surface area contributed by atoms with Crippen LogP contribution >= 0.6 is 0 Å². The number of rotatable bonds is 5. The van der Waals surface area contributed by atoms with Crippen molar-refractivity contribution in [3.63, 3.8) is 0 Å². The van der Waals surface area contributed by atoms with Crippen LogP contribution in [-0.4, -0.2) is 52.5 Å². The summed E-state index contributed by atoms with van der Waals surface area (Å²) >= 11 is 0. The van der Waals surface area contributed by atoms with Crippen LogP contribution in [0.4, 0.5) is 0 Å². The van der Waals surface area contributed by atoms with Crippen LogP contribution in [0.25, 0.3) is 16.9 Å². The highest BCUT2D eigenvalue weighted by molar-refractivity contribution is 5.93. The van der Waals surface area contributed by atoms with Gasteiger partial charge in [-0.2, -0.15) is 5.10 Å². The molecule has 1 amide bonds. The minimum Gasteiger partial charge on any atom is -0.497 e. The predicted molar refractivity (Wildman–Crippen MR) is 116 cm³/mol. The van der Waals surface area contributed by atoms with Gasteiger partial charge in [-0.1, -0.05) is 25.1 Å². The molecule has 0 unspecified atom stereocenters. The summed E-state index contributed by atoms with van der Waals surface area (Å²) in [5.74, 6) is 0.677. The zero-order chi connectivity index (χ0) is 21.1. The number of methoxy groups -OCH3 is 1. The summed E-state index contributed by atoms with van der Waals surface area (Å²) in [7, 11) is 1.64. The SMILES string of the molecule is COc1ccc(-c2cc(C(=O)N3CCC[C@@](C)(CO)C3)nn2-c2ccccc2)cc1. The highest BCUT2D eigenvalue weighted by Gasteiger charge is 2.34. The first-order valence-corrected chi connectivity index (χ1v) is 10.2. The molecule has 4 rings (SSSR count). The number of hydrogen-bond donors (Lipinski definition) is 1. The Morgan fingerprint density at radius 3 is 2.57 bits per heavy atom. The van der Waals surface area contributed by atoms with Gasteiger partial charge in [0.05, 0.1) is 25.1 Å². The first-order valence-electron chi connectivity index (χ1n) is 10.2. The Labute approximate surface area is 176 Å². The van der Waals surface area contributed by atoms with E-state index in [0.29, 0.717) is 18.8 Å². The number of ether oxygens (including phenoxy) is 1. The van der Waals surface area contributed by atoms with Crippen LogP contribution in [-0.2, 0) is 0 Å². The average molecular weight is 405 g/mol. The van der Waals surface area contributed by atoms with E-state index in [9.17, 15) is 9.90 Å². The maximum Gasteiger partial charge on any atom is 0.274 e. The van der Waals surface area contributed by atoms with Gasteiger partial charge in [0.2, 0.25) is 0 Å². The minimum atomic E-state index is -0.255. The average Bonchev–Trinajstić information content (AvgIpc) is 3.25. The molecule has 0 bridgehead atoms. The van der Waals surface area contributed by atoms with Gasteiger partial charge >= 0.3 is 0 Å². The number of carbonyl (C=O) groups excluding carboxylic acids is 1. The minimum absolute atomic E-state index is 0.0757. The van der Waals surface area contributed by atoms with Gasteiger partial charge in [-0.15, -0.1) is 0 Å². The number of aromatic nitrogens is 2. The number of carbonyl (C=O) groups is 1. The number of nitrogens with zero attached hydrogens (tertiary/aromatic N) is 3. The zero-order valence-electron chi connectivity index (χ0n) is 17.4. The summed E-state index contributed by atoms with van der Waals surface area (Å²) in [6, 6.07) is 19.4. The van der Waals surface area contributed by atoms with Gasteiger partial charge in [0.1, 0.15) is 5.75 Å². The quantitative estimate of drug-likeness (QED) is 0.701. The molecule has 6 heteroatoms. The predicted octanol–water partition coefficient (Wildman–Crippen LogP) is 3.78. The largest absolute Gasteiger partial charge is 0.497 e. The number of hydrogen-bond acceptors (Lipinski definition) is 4. The fourth-order valence-corrected chi connectivity index (χ4v) is 4.00. The van der Waals surface area contributed by atoms with Crippen LogP contribution in [0.15, 0.2) is 60.7 Å². The van der Waals surface area contributed by atoms with Crippen molar-refractivity contribution in [3.8, 4) is 22.7 Å². The summed E-state index contributed by atoms with van der Waals surface area (Å²) in [6.45, 7) is 3.33. The van der Waals surface area contributed by atoms with Gasteiger partial charge < -0.3 is 14.7 Å². The summed E-state index contributed by atoms with van der Waals surface area (Å²) in [5, 5.41) is 14.4. The van der Waals surface area contributed by atoms with Gasteiger partial charge in [0, 0.05) is 24.1 Å². The normalized spacial score (nSPS) is 19.0. The lowest BCUT2D eigenvalue weighted by atomic mass is 9.82. The van der Waals surface area contributed by atoms with E-state index >= 15 is 0 Å². The lowest BCUT2D eigenvalue weighted by Gasteiger charge is -2.39. The Morgan fingerprint density at radius 2 is 1.90 bits per heavy atom. The topological polar surface area (TPSA) is 67.6 Å². The molecule has 0 radical (unpaired) electrons. The van der Waals surface area contributed by atoms with Gasteiger partial charge in [0.15, 0.2) is 5.69 Å². The smallest absolute Gasteiger partial charge is 0.274 e. The Kier molecular flexibility index (Phi) is 5.59. The third kappa shape index (κ3) is 3.96. The third-order valence-corrected chi connectivity index (χ3v) is 5.76. The number of amides is 1. The molecule has 1 atom stereocenters. The van der Waals surface area contributed by atoms with Crippen molar-refractivity contribution in [2.45, 2.75) is 19.8 Å². The Balaban J connectivity index is 1.72. The van der Waals surface area contributed by atoms with E-state index in [2.05, 4.69) is 5.10 Å². The van der Waals surface area contributed by atoms with Crippen molar-refractivity contribution in [3.05, 3.63) is 66.4 Å². The summed E-state index contributed by atoms with van der Waals surface area (Å²) in [4.78, 5) is 15.1. The fourth-order valence-electron chi connectivity index (χ4n) is 4.00. The summed E-state index contributed by atoms with van der Waals surface area (Å²) < 4.78 is 7.08. The lowest BCUT2D eigenvalue weighted by molar-refractivity contribution is 0.0353. The Morgan fingerprint density at radius 1 is 1.17 bits per heavy atom. The van der Waals surface area contributed by atoms with Crippen LogP contribution in [0.3, 0.4) is 0 Å². The molecule has 0 saturated carbocycles. The van der Waals surface area contributed by atoms with Crippen LogP contribution in [0.2, 0.25) is 0 Å². The molecule has 0 aliphatic carbocycles. The number of aliphatic hydroxyl groups excluding tert-OH is 1. The van der Waals surface area contributed by atoms with E-state index in [1.165, 1.54) is 0 Å². The van der Waals surface area contributed by atoms with E-state index in [0.717, 1.165) is 35.5 Å². The maximum atomic E-state index is 13.3. The molecule has 1 aromatic heterocycles. The van der Waals surface area contributed by atoms with E-state index in [1.807, 2.05) is 77.2 Å². The maximum absolute atomic E-state index is 13.3. The molecule has 1 aliphatic rings. The fraction of sp³-hybridized carbons (Fsp3) is 0.333. The molecule has 1 aliphatic heterocycles. The molecule has 1 N–H and O–H groups in total. The van der Waals surface area contributed by atoms with Crippen molar-refractivity contribution in [2.75, 3.05) is 26.8 Å². The molecule has 6 nitrogen and oxygen atoms in total. The molecule has 2 aromatic carbocycles. The van der Waals surface area contributed by atoms with Gasteiger partial charge in [-0.25, -0.2) is 4.68 Å². The number of piperidine rings is 1. The van der Waals surface area contributed by atoms with E-state index in [4.69, 9.17) is 4.74 Å². The monoisotopic (exact) mass is 405 g/mol. The van der Waals surface area contributed by atoms with Crippen molar-refractivity contribution in [1.82, 2.24) is 14.7 Å². The Hall–Kier alpha value is -3.12.